The third kappa shape index (κ3) is 25.0. The zero-order valence-corrected chi connectivity index (χ0v) is 8.86. The quantitative estimate of drug-likeness (QED) is 0.456. The van der Waals surface area contributed by atoms with E-state index in [9.17, 15) is 0 Å². The Morgan fingerprint density at radius 1 is 0.400 bits per heavy atom. The molecular weight excluding hydrogens is 334 g/mol. The Kier molecular flexibility index (Phi) is 533. The third-order valence-electron chi connectivity index (χ3n) is 0. The van der Waals surface area contributed by atoms with Crippen LogP contribution in [0.5, 0.6) is 0 Å². The lowest BCUT2D eigenvalue weighted by Crippen LogP contribution is -3.00. The maximum absolute atomic E-state index is 0. The van der Waals surface area contributed by atoms with Gasteiger partial charge < -0.3 is 74.1 Å². The van der Waals surface area contributed by atoms with E-state index in [1.54, 1.807) is 0 Å². The van der Waals surface area contributed by atoms with Crippen molar-refractivity contribution in [2.24, 2.45) is 0 Å². The zero-order valence-electron chi connectivity index (χ0n) is 2.51. The molecule has 0 aromatic heterocycles. The zero-order chi connectivity index (χ0) is 0. The molecule has 0 bridgehead atoms. The topological polar surface area (TPSA) is 36.5 Å². The normalized spacial score (nSPS) is 0. The van der Waals surface area contributed by atoms with Crippen molar-refractivity contribution in [3.05, 3.63) is 0 Å². The van der Waals surface area contributed by atoms with Gasteiger partial charge in [0.1, 0.15) is 0 Å². The first-order valence-corrected chi connectivity index (χ1v) is 0. The highest BCUT2D eigenvalue weighted by molar-refractivity contribution is 2.13. The monoisotopic (exact) mass is 334 g/mol. The highest BCUT2D eigenvalue weighted by Crippen LogP contribution is -0.481. The van der Waals surface area contributed by atoms with Crippen molar-refractivity contribution in [2.45, 2.75) is 0 Å². The minimum atomic E-state index is 0. The molecule has 0 spiro atoms. The molecule has 5 heavy (non-hydrogen) atoms. The van der Waals surface area contributed by atoms with Crippen LogP contribution in [0.1, 0.15) is 0 Å². The van der Waals surface area contributed by atoms with Crippen LogP contribution in [0.4, 0.5) is 0 Å². The minimum Gasteiger partial charge on any atom is -1.00 e. The summed E-state index contributed by atoms with van der Waals surface area (Å²) in [5, 5.41) is 0. The molecule has 0 aliphatic carbocycles. The molecule has 40 valence electrons. The predicted molar refractivity (Wildman–Crippen MR) is 5.98 cm³/mol. The smallest absolute Gasteiger partial charge is 0.369 e. The Bertz CT molecular complexity index is 3.61. The van der Waals surface area contributed by atoms with Gasteiger partial charge in [0.25, 0.3) is 0 Å². The van der Waals surface area contributed by atoms with Crippen LogP contribution in [-0.4, -0.2) is 0 Å². The van der Waals surface area contributed by atoms with Gasteiger partial charge in [0.15, 0.2) is 0 Å². The molecule has 4 N–H and O–H groups in total. The number of halogens is 4. The fourth-order valence-corrected chi connectivity index (χ4v) is 0. The largest absolute Gasteiger partial charge is 1.00 e. The van der Waals surface area contributed by atoms with Gasteiger partial charge in [-0.05, 0) is 0 Å². The Morgan fingerprint density at radius 2 is 0.400 bits per heavy atom. The molecule has 0 fully saturated rings. The van der Waals surface area contributed by atoms with Gasteiger partial charge in [-0.1, -0.05) is 0 Å². The van der Waals surface area contributed by atoms with Crippen LogP contribution in [0, 0.1) is 0 Å². The summed E-state index contributed by atoms with van der Waals surface area (Å²) in [7, 11) is 0. The molecule has 0 aliphatic heterocycles. The molecule has 0 aromatic carbocycles. The van der Waals surface area contributed by atoms with E-state index in [4.69, 9.17) is 0 Å². The Morgan fingerprint density at radius 3 is 0.400 bits per heavy atom. The number of hydrogen-bond acceptors (Lipinski definition) is 0. The molecule has 0 radical (unpaired) electrons. The van der Waals surface area contributed by atoms with Crippen molar-refractivity contribution < 1.29 is 67.9 Å². The predicted octanol–water partition coefficient (Wildman–Crippen LogP) is -11.6. The molecule has 1 nitrogen and oxygen atoms in total. The van der Waals surface area contributed by atoms with Crippen LogP contribution in [0.25, 0.3) is 0 Å². The van der Waals surface area contributed by atoms with Gasteiger partial charge >= 0.3 is 0 Å². The molecular formula is H4Br4N-3. The minimum absolute atomic E-state index is 0. The molecule has 0 aromatic rings. The van der Waals surface area contributed by atoms with E-state index in [0.717, 1.165) is 0 Å². The lowest BCUT2D eigenvalue weighted by Gasteiger charge is -1.00. The van der Waals surface area contributed by atoms with E-state index in [-0.39, 0.29) is 74.1 Å². The number of rotatable bonds is 0. The molecule has 0 heterocycles. The SMILES string of the molecule is [Br-].[Br-].[Br-].[Br-].[NH4+]. The van der Waals surface area contributed by atoms with E-state index in [2.05, 4.69) is 0 Å². The summed E-state index contributed by atoms with van der Waals surface area (Å²) in [6.07, 6.45) is 0. The summed E-state index contributed by atoms with van der Waals surface area (Å²) in [4.78, 5) is 0. The lowest BCUT2D eigenvalue weighted by atomic mass is 14.0. The fourth-order valence-electron chi connectivity index (χ4n) is 0. The number of hydrogen-bond donors (Lipinski definition) is 1. The maximum atomic E-state index is 0. The van der Waals surface area contributed by atoms with Crippen molar-refractivity contribution in [1.29, 1.82) is 0 Å². The van der Waals surface area contributed by atoms with Crippen LogP contribution in [0.2, 0.25) is 0 Å². The van der Waals surface area contributed by atoms with Crippen LogP contribution in [0.15, 0.2) is 0 Å². The van der Waals surface area contributed by atoms with Gasteiger partial charge in [0.05, 0.1) is 0 Å². The molecule has 0 aliphatic rings. The molecule has 0 amide bonds. The first kappa shape index (κ1) is 67.3. The van der Waals surface area contributed by atoms with Gasteiger partial charge in [-0.3, -0.25) is 0 Å². The highest BCUT2D eigenvalue weighted by atomic mass is 79.9. The molecule has 0 saturated heterocycles. The molecule has 5 heteroatoms. The molecule has 0 atom stereocenters. The first-order chi connectivity index (χ1) is 0. The van der Waals surface area contributed by atoms with Gasteiger partial charge in [-0.15, -0.1) is 0 Å². The summed E-state index contributed by atoms with van der Waals surface area (Å²) in [6.45, 7) is 0. The van der Waals surface area contributed by atoms with Crippen LogP contribution in [0.3, 0.4) is 0 Å². The second kappa shape index (κ2) is 39.6. The standard InChI is InChI=1S/4BrH.H3N/h4*1H;1H3/p-3. The Balaban J connectivity index is 0. The van der Waals surface area contributed by atoms with Gasteiger partial charge in [0, 0.05) is 0 Å². The summed E-state index contributed by atoms with van der Waals surface area (Å²) < 4.78 is 0. The second-order valence-electron chi connectivity index (χ2n) is 0. The summed E-state index contributed by atoms with van der Waals surface area (Å²) in [5.74, 6) is 0. The summed E-state index contributed by atoms with van der Waals surface area (Å²) in [5.41, 5.74) is 0. The Labute approximate surface area is 73.6 Å². The van der Waals surface area contributed by atoms with Crippen molar-refractivity contribution in [2.75, 3.05) is 0 Å². The van der Waals surface area contributed by atoms with Crippen molar-refractivity contribution in [3.8, 4) is 0 Å². The summed E-state index contributed by atoms with van der Waals surface area (Å²) >= 11 is 0. The van der Waals surface area contributed by atoms with Crippen LogP contribution >= 0.6 is 0 Å². The maximum Gasteiger partial charge on any atom is -0.369 e. The van der Waals surface area contributed by atoms with E-state index in [0.29, 0.717) is 0 Å². The van der Waals surface area contributed by atoms with Gasteiger partial charge in [0.2, 0.25) is 0 Å². The van der Waals surface area contributed by atoms with Gasteiger partial charge in [-0.2, -0.15) is 0 Å². The van der Waals surface area contributed by atoms with Gasteiger partial charge in [-0.25, -0.2) is 0 Å². The number of quaternary nitrogens is 1. The van der Waals surface area contributed by atoms with Crippen LogP contribution in [-0.2, 0) is 0 Å². The fraction of sp³-hybridized carbons (Fsp3) is 0. The average Bonchev–Trinajstić information content (AvgIpc) is 0. The first-order valence-electron chi connectivity index (χ1n) is 0. The van der Waals surface area contributed by atoms with Crippen molar-refractivity contribution in [3.63, 3.8) is 0 Å². The van der Waals surface area contributed by atoms with E-state index < -0.39 is 0 Å². The average molecular weight is 338 g/mol. The summed E-state index contributed by atoms with van der Waals surface area (Å²) in [6, 6.07) is 0. The second-order valence-corrected chi connectivity index (χ2v) is 0. The van der Waals surface area contributed by atoms with Crippen molar-refractivity contribution >= 4 is 0 Å². The molecule has 0 unspecified atom stereocenters. The van der Waals surface area contributed by atoms with E-state index in [1.807, 2.05) is 0 Å². The Hall–Kier alpha value is 1.88. The van der Waals surface area contributed by atoms with Crippen molar-refractivity contribution in [1.82, 2.24) is 6.15 Å². The molecule has 0 rings (SSSR count). The third-order valence-corrected chi connectivity index (χ3v) is 0. The van der Waals surface area contributed by atoms with E-state index in [1.165, 1.54) is 0 Å². The highest BCUT2D eigenvalue weighted by Gasteiger charge is -0.369. The lowest BCUT2D eigenvalue weighted by molar-refractivity contribution is -0.00100. The molecule has 0 saturated carbocycles. The van der Waals surface area contributed by atoms with E-state index >= 15 is 0 Å². The van der Waals surface area contributed by atoms with Crippen LogP contribution < -0.4 is 74.1 Å².